The number of fused-ring (bicyclic) bond motifs is 1. The van der Waals surface area contributed by atoms with Gasteiger partial charge < -0.3 is 10.1 Å². The van der Waals surface area contributed by atoms with Crippen molar-refractivity contribution in [2.75, 3.05) is 19.8 Å². The smallest absolute Gasteiger partial charge is 0.244 e. The quantitative estimate of drug-likeness (QED) is 0.523. The highest BCUT2D eigenvalue weighted by Crippen LogP contribution is 2.32. The molecule has 3 aromatic rings. The van der Waals surface area contributed by atoms with Crippen LogP contribution in [0.15, 0.2) is 48.5 Å². The van der Waals surface area contributed by atoms with Gasteiger partial charge in [0, 0.05) is 35.7 Å². The largest absolute Gasteiger partial charge is 0.382 e. The Morgan fingerprint density at radius 3 is 2.71 bits per heavy atom. The number of nitrogens with zero attached hydrogens (tertiary/aromatic N) is 2. The second kappa shape index (κ2) is 9.71. The Labute approximate surface area is 170 Å². The molecule has 1 N–H and O–H groups in total. The van der Waals surface area contributed by atoms with E-state index in [0.29, 0.717) is 31.2 Å². The molecule has 3 rings (SSSR count). The molecule has 0 saturated carbocycles. The molecular formula is C22H26ClN3O2. The van der Waals surface area contributed by atoms with E-state index < -0.39 is 0 Å². The van der Waals surface area contributed by atoms with Gasteiger partial charge in [0.1, 0.15) is 11.7 Å². The Balaban J connectivity index is 1.91. The van der Waals surface area contributed by atoms with Gasteiger partial charge in [0.05, 0.1) is 5.52 Å². The molecule has 1 atom stereocenters. The maximum atomic E-state index is 12.8. The Morgan fingerprint density at radius 1 is 1.21 bits per heavy atom. The number of carbonyl (C=O) groups is 1. The number of carbonyl (C=O) groups excluding carboxylic acids is 1. The molecule has 1 aromatic heterocycles. The van der Waals surface area contributed by atoms with Gasteiger partial charge in [0.2, 0.25) is 5.91 Å². The third-order valence-corrected chi connectivity index (χ3v) is 4.90. The highest BCUT2D eigenvalue weighted by Gasteiger charge is 2.23. The summed E-state index contributed by atoms with van der Waals surface area (Å²) in [6, 6.07) is 15.3. The van der Waals surface area contributed by atoms with Gasteiger partial charge in [-0.15, -0.1) is 0 Å². The summed E-state index contributed by atoms with van der Waals surface area (Å²) in [5.41, 5.74) is 2.74. The average Bonchev–Trinajstić information content (AvgIpc) is 3.07. The first-order valence-electron chi connectivity index (χ1n) is 9.74. The average molecular weight is 400 g/mol. The minimum atomic E-state index is -0.381. The third kappa shape index (κ3) is 4.54. The first kappa shape index (κ1) is 20.4. The van der Waals surface area contributed by atoms with Crippen molar-refractivity contribution in [1.29, 1.82) is 0 Å². The number of hydrogen-bond acceptors (Lipinski definition) is 3. The number of nitrogens with one attached hydrogen (secondary N) is 1. The van der Waals surface area contributed by atoms with Crippen LogP contribution in [0.3, 0.4) is 0 Å². The standard InChI is InChI=1S/C22H26ClN3O2/c1-3-19(22(27)24-13-8-14-28-4-2)26-20-12-11-17(23)15-18(20)21(25-26)16-9-6-5-7-10-16/h5-7,9-12,15,19H,3-4,8,13-14H2,1-2H3,(H,24,27). The molecule has 0 aliphatic rings. The van der Waals surface area contributed by atoms with Crippen molar-refractivity contribution in [3.8, 4) is 11.3 Å². The lowest BCUT2D eigenvalue weighted by Gasteiger charge is -2.16. The molecule has 0 fully saturated rings. The summed E-state index contributed by atoms with van der Waals surface area (Å²) in [6.45, 7) is 5.89. The molecule has 0 bridgehead atoms. The van der Waals surface area contributed by atoms with Crippen molar-refractivity contribution in [3.05, 3.63) is 53.6 Å². The molecule has 0 aliphatic heterocycles. The number of rotatable bonds is 9. The van der Waals surface area contributed by atoms with E-state index in [1.807, 2.05) is 67.1 Å². The maximum absolute atomic E-state index is 12.8. The van der Waals surface area contributed by atoms with Crippen LogP contribution in [0.25, 0.3) is 22.2 Å². The normalized spacial score (nSPS) is 12.2. The van der Waals surface area contributed by atoms with Crippen LogP contribution in [-0.2, 0) is 9.53 Å². The van der Waals surface area contributed by atoms with Gasteiger partial charge in [-0.3, -0.25) is 9.48 Å². The van der Waals surface area contributed by atoms with Gasteiger partial charge in [0.25, 0.3) is 0 Å². The fourth-order valence-corrected chi connectivity index (χ4v) is 3.45. The van der Waals surface area contributed by atoms with E-state index in [2.05, 4.69) is 5.32 Å². The van der Waals surface area contributed by atoms with Crippen LogP contribution in [-0.4, -0.2) is 35.4 Å². The van der Waals surface area contributed by atoms with Crippen LogP contribution in [0.1, 0.15) is 32.7 Å². The Hall–Kier alpha value is -2.37. The molecule has 6 heteroatoms. The molecule has 1 amide bonds. The van der Waals surface area contributed by atoms with E-state index in [4.69, 9.17) is 21.4 Å². The second-order valence-corrected chi connectivity index (χ2v) is 7.02. The van der Waals surface area contributed by atoms with Crippen LogP contribution in [0.5, 0.6) is 0 Å². The van der Waals surface area contributed by atoms with Crippen LogP contribution in [0.4, 0.5) is 0 Å². The first-order chi connectivity index (χ1) is 13.7. The number of benzene rings is 2. The fourth-order valence-electron chi connectivity index (χ4n) is 3.28. The topological polar surface area (TPSA) is 56.1 Å². The fraction of sp³-hybridized carbons (Fsp3) is 0.364. The number of halogens is 1. The second-order valence-electron chi connectivity index (χ2n) is 6.59. The van der Waals surface area contributed by atoms with Gasteiger partial charge in [-0.25, -0.2) is 0 Å². The molecule has 2 aromatic carbocycles. The SMILES string of the molecule is CCOCCCNC(=O)C(CC)n1nc(-c2ccccc2)c2cc(Cl)ccc21. The number of aromatic nitrogens is 2. The lowest BCUT2D eigenvalue weighted by molar-refractivity contribution is -0.124. The summed E-state index contributed by atoms with van der Waals surface area (Å²) in [7, 11) is 0. The minimum Gasteiger partial charge on any atom is -0.382 e. The summed E-state index contributed by atoms with van der Waals surface area (Å²) in [4.78, 5) is 12.8. The monoisotopic (exact) mass is 399 g/mol. The molecule has 1 unspecified atom stereocenters. The van der Waals surface area contributed by atoms with Crippen molar-refractivity contribution >= 4 is 28.4 Å². The zero-order valence-electron chi connectivity index (χ0n) is 16.3. The van der Waals surface area contributed by atoms with Crippen molar-refractivity contribution in [2.24, 2.45) is 0 Å². The lowest BCUT2D eigenvalue weighted by atomic mass is 10.1. The van der Waals surface area contributed by atoms with E-state index in [1.165, 1.54) is 0 Å². The summed E-state index contributed by atoms with van der Waals surface area (Å²) in [5, 5.41) is 9.43. The molecule has 0 radical (unpaired) electrons. The summed E-state index contributed by atoms with van der Waals surface area (Å²) in [6.07, 6.45) is 1.44. The summed E-state index contributed by atoms with van der Waals surface area (Å²) >= 11 is 6.25. The highest BCUT2D eigenvalue weighted by atomic mass is 35.5. The summed E-state index contributed by atoms with van der Waals surface area (Å²) in [5.74, 6) is -0.0297. The van der Waals surface area contributed by atoms with Gasteiger partial charge in [-0.1, -0.05) is 48.9 Å². The molecule has 1 heterocycles. The molecule has 28 heavy (non-hydrogen) atoms. The third-order valence-electron chi connectivity index (χ3n) is 4.67. The number of ether oxygens (including phenoxy) is 1. The van der Waals surface area contributed by atoms with Crippen molar-refractivity contribution in [1.82, 2.24) is 15.1 Å². The van der Waals surface area contributed by atoms with Crippen molar-refractivity contribution in [3.63, 3.8) is 0 Å². The van der Waals surface area contributed by atoms with Crippen LogP contribution >= 0.6 is 11.6 Å². The zero-order valence-corrected chi connectivity index (χ0v) is 17.1. The predicted molar refractivity (Wildman–Crippen MR) is 114 cm³/mol. The van der Waals surface area contributed by atoms with Gasteiger partial charge >= 0.3 is 0 Å². The van der Waals surface area contributed by atoms with Gasteiger partial charge in [-0.05, 0) is 38.0 Å². The maximum Gasteiger partial charge on any atom is 0.244 e. The van der Waals surface area contributed by atoms with Crippen molar-refractivity contribution in [2.45, 2.75) is 32.7 Å². The van der Waals surface area contributed by atoms with E-state index in [0.717, 1.165) is 28.6 Å². The minimum absolute atomic E-state index is 0.0297. The molecule has 0 saturated heterocycles. The van der Waals surface area contributed by atoms with E-state index in [-0.39, 0.29) is 11.9 Å². The molecule has 148 valence electrons. The molecular weight excluding hydrogens is 374 g/mol. The van der Waals surface area contributed by atoms with Crippen molar-refractivity contribution < 1.29 is 9.53 Å². The Kier molecular flexibility index (Phi) is 7.06. The van der Waals surface area contributed by atoms with E-state index in [9.17, 15) is 4.79 Å². The van der Waals surface area contributed by atoms with Crippen LogP contribution in [0.2, 0.25) is 5.02 Å². The molecule has 5 nitrogen and oxygen atoms in total. The predicted octanol–water partition coefficient (Wildman–Crippen LogP) is 4.85. The summed E-state index contributed by atoms with van der Waals surface area (Å²) < 4.78 is 7.15. The van der Waals surface area contributed by atoms with Gasteiger partial charge in [-0.2, -0.15) is 5.10 Å². The highest BCUT2D eigenvalue weighted by molar-refractivity contribution is 6.31. The first-order valence-corrected chi connectivity index (χ1v) is 10.1. The lowest BCUT2D eigenvalue weighted by Crippen LogP contribution is -2.33. The Bertz CT molecular complexity index is 924. The van der Waals surface area contributed by atoms with E-state index in [1.54, 1.807) is 0 Å². The zero-order chi connectivity index (χ0) is 19.9. The molecule has 0 spiro atoms. The van der Waals surface area contributed by atoms with Gasteiger partial charge in [0.15, 0.2) is 0 Å². The number of amides is 1. The van der Waals surface area contributed by atoms with Crippen LogP contribution < -0.4 is 5.32 Å². The van der Waals surface area contributed by atoms with E-state index >= 15 is 0 Å². The Morgan fingerprint density at radius 2 is 2.00 bits per heavy atom. The van der Waals surface area contributed by atoms with Crippen LogP contribution in [0, 0.1) is 0 Å². The molecule has 0 aliphatic carbocycles. The number of hydrogen-bond donors (Lipinski definition) is 1.